The van der Waals surface area contributed by atoms with Gasteiger partial charge in [0.25, 0.3) is 5.91 Å². The number of hydrogen-bond acceptors (Lipinski definition) is 5. The molecule has 0 aliphatic carbocycles. The van der Waals surface area contributed by atoms with Crippen LogP contribution in [0.4, 0.5) is 4.39 Å². The molecule has 9 nitrogen and oxygen atoms in total. The second-order valence-electron chi connectivity index (χ2n) is 10.0. The molecule has 198 valence electrons. The number of nitrogens with one attached hydrogen (secondary N) is 4. The van der Waals surface area contributed by atoms with Gasteiger partial charge in [-0.2, -0.15) is 0 Å². The highest BCUT2D eigenvalue weighted by atomic mass is 19.1. The summed E-state index contributed by atoms with van der Waals surface area (Å²) in [7, 11) is 0. The molecule has 2 rings (SSSR count). The highest BCUT2D eigenvalue weighted by Crippen LogP contribution is 2.17. The van der Waals surface area contributed by atoms with Gasteiger partial charge in [-0.15, -0.1) is 0 Å². The molecule has 1 aliphatic rings. The molecule has 0 bridgehead atoms. The van der Waals surface area contributed by atoms with Crippen LogP contribution in [0.1, 0.15) is 63.7 Å². The quantitative estimate of drug-likeness (QED) is 0.322. The molecular weight excluding hydrogens is 467 g/mol. The summed E-state index contributed by atoms with van der Waals surface area (Å²) in [5.74, 6) is -2.85. The lowest BCUT2D eigenvalue weighted by Gasteiger charge is -2.28. The molecule has 0 spiro atoms. The highest BCUT2D eigenvalue weighted by molar-refractivity contribution is 5.98. The van der Waals surface area contributed by atoms with Gasteiger partial charge in [-0.1, -0.05) is 27.7 Å². The van der Waals surface area contributed by atoms with Crippen molar-refractivity contribution in [2.45, 2.75) is 71.5 Å². The predicted molar refractivity (Wildman–Crippen MR) is 132 cm³/mol. The molecule has 0 radical (unpaired) electrons. The summed E-state index contributed by atoms with van der Waals surface area (Å²) in [4.78, 5) is 62.5. The minimum absolute atomic E-state index is 0.0474. The van der Waals surface area contributed by atoms with Gasteiger partial charge >= 0.3 is 0 Å². The van der Waals surface area contributed by atoms with Crippen molar-refractivity contribution in [1.82, 2.24) is 21.3 Å². The molecule has 0 aromatic heterocycles. The van der Waals surface area contributed by atoms with Gasteiger partial charge < -0.3 is 26.1 Å². The van der Waals surface area contributed by atoms with Crippen molar-refractivity contribution in [1.29, 1.82) is 0 Å². The fourth-order valence-electron chi connectivity index (χ4n) is 4.12. The molecule has 36 heavy (non-hydrogen) atoms. The first kappa shape index (κ1) is 28.9. The van der Waals surface area contributed by atoms with Gasteiger partial charge in [0.15, 0.2) is 0 Å². The van der Waals surface area contributed by atoms with Crippen LogP contribution in [0.5, 0.6) is 0 Å². The van der Waals surface area contributed by atoms with Crippen molar-refractivity contribution in [3.63, 3.8) is 0 Å². The van der Waals surface area contributed by atoms with Crippen molar-refractivity contribution < 1.29 is 28.4 Å². The van der Waals surface area contributed by atoms with Crippen LogP contribution in [0.3, 0.4) is 0 Å². The van der Waals surface area contributed by atoms with Crippen LogP contribution in [0.2, 0.25) is 0 Å². The number of aldehydes is 1. The molecule has 1 aliphatic heterocycles. The summed E-state index contributed by atoms with van der Waals surface area (Å²) >= 11 is 0. The van der Waals surface area contributed by atoms with E-state index in [0.717, 1.165) is 18.6 Å². The zero-order valence-electron chi connectivity index (χ0n) is 21.3. The van der Waals surface area contributed by atoms with Crippen LogP contribution in [-0.4, -0.2) is 54.6 Å². The molecule has 4 amide bonds. The van der Waals surface area contributed by atoms with Crippen molar-refractivity contribution in [2.75, 3.05) is 6.54 Å². The van der Waals surface area contributed by atoms with E-state index in [1.54, 1.807) is 13.8 Å². The van der Waals surface area contributed by atoms with E-state index in [1.807, 2.05) is 13.8 Å². The maximum Gasteiger partial charge on any atom is 0.251 e. The minimum atomic E-state index is -0.946. The largest absolute Gasteiger partial charge is 0.356 e. The lowest BCUT2D eigenvalue weighted by molar-refractivity contribution is -0.132. The standard InChI is InChI=1S/C26H37FN4O5/c1-15(2)12-21(25(35)29-20(14-32)13-18-6-5-11-28-23(18)33)30-26(36)22(16(3)4)31-24(34)17-7-9-19(27)10-8-17/h7-10,14-16,18,20-22H,5-6,11-13H2,1-4H3,(H,28,33)(H,29,35)(H,30,36)(H,31,34)/t18-,20-,21-,22-/m0/s1. The molecule has 1 heterocycles. The lowest BCUT2D eigenvalue weighted by Crippen LogP contribution is -2.57. The third-order valence-electron chi connectivity index (χ3n) is 6.11. The molecule has 1 aromatic rings. The second-order valence-corrected chi connectivity index (χ2v) is 10.0. The summed E-state index contributed by atoms with van der Waals surface area (Å²) in [6.45, 7) is 7.90. The molecule has 1 fully saturated rings. The maximum absolute atomic E-state index is 13.2. The minimum Gasteiger partial charge on any atom is -0.356 e. The number of benzene rings is 1. The van der Waals surface area contributed by atoms with Crippen LogP contribution in [0.15, 0.2) is 24.3 Å². The van der Waals surface area contributed by atoms with Crippen LogP contribution < -0.4 is 21.3 Å². The maximum atomic E-state index is 13.2. The number of piperidine rings is 1. The zero-order valence-corrected chi connectivity index (χ0v) is 21.3. The van der Waals surface area contributed by atoms with Gasteiger partial charge in [0.1, 0.15) is 24.2 Å². The number of amides is 4. The Morgan fingerprint density at radius 3 is 2.28 bits per heavy atom. The van der Waals surface area contributed by atoms with Crippen molar-refractivity contribution in [2.24, 2.45) is 17.8 Å². The Kier molecular flexibility index (Phi) is 11.0. The van der Waals surface area contributed by atoms with Crippen LogP contribution in [0.25, 0.3) is 0 Å². The van der Waals surface area contributed by atoms with Gasteiger partial charge in [0.05, 0.1) is 6.04 Å². The number of rotatable bonds is 12. The fraction of sp³-hybridized carbons (Fsp3) is 0.577. The fourth-order valence-corrected chi connectivity index (χ4v) is 4.12. The Morgan fingerprint density at radius 1 is 1.06 bits per heavy atom. The van der Waals surface area contributed by atoms with Crippen LogP contribution >= 0.6 is 0 Å². The predicted octanol–water partition coefficient (Wildman–Crippen LogP) is 1.71. The first-order valence-corrected chi connectivity index (χ1v) is 12.4. The van der Waals surface area contributed by atoms with Crippen LogP contribution in [-0.2, 0) is 19.2 Å². The normalized spacial score (nSPS) is 18.1. The highest BCUT2D eigenvalue weighted by Gasteiger charge is 2.32. The van der Waals surface area contributed by atoms with Crippen molar-refractivity contribution in [3.05, 3.63) is 35.6 Å². The Balaban J connectivity index is 2.08. The first-order valence-electron chi connectivity index (χ1n) is 12.4. The summed E-state index contributed by atoms with van der Waals surface area (Å²) in [5.41, 5.74) is 0.201. The van der Waals surface area contributed by atoms with Gasteiger partial charge in [-0.05, 0) is 61.8 Å². The Hall–Kier alpha value is -3.30. The Labute approximate surface area is 211 Å². The SMILES string of the molecule is CC(C)C[C@H](NC(=O)[C@@H](NC(=O)c1ccc(F)cc1)C(C)C)C(=O)N[C@H](C=O)C[C@@H]1CCCNC1=O. The number of carbonyl (C=O) groups excluding carboxylic acids is 5. The Bertz CT molecular complexity index is 935. The average Bonchev–Trinajstić information content (AvgIpc) is 2.82. The third-order valence-corrected chi connectivity index (χ3v) is 6.11. The first-order chi connectivity index (χ1) is 17.0. The number of hydrogen-bond donors (Lipinski definition) is 4. The van der Waals surface area contributed by atoms with Crippen molar-refractivity contribution in [3.8, 4) is 0 Å². The van der Waals surface area contributed by atoms with E-state index in [9.17, 15) is 28.4 Å². The average molecular weight is 505 g/mol. The van der Waals surface area contributed by atoms with E-state index in [2.05, 4.69) is 21.3 Å². The van der Waals surface area contributed by atoms with Gasteiger partial charge in [0, 0.05) is 18.0 Å². The van der Waals surface area contributed by atoms with Gasteiger partial charge in [-0.3, -0.25) is 19.2 Å². The number of halogens is 1. The smallest absolute Gasteiger partial charge is 0.251 e. The van der Waals surface area contributed by atoms with E-state index in [-0.39, 0.29) is 35.6 Å². The molecule has 0 unspecified atom stereocenters. The van der Waals surface area contributed by atoms with E-state index in [0.29, 0.717) is 25.7 Å². The molecule has 1 aromatic carbocycles. The van der Waals surface area contributed by atoms with E-state index in [1.165, 1.54) is 12.1 Å². The summed E-state index contributed by atoms with van der Waals surface area (Å²) in [6, 6.07) is 2.20. The summed E-state index contributed by atoms with van der Waals surface area (Å²) in [5, 5.41) is 10.8. The zero-order chi connectivity index (χ0) is 26.8. The molecule has 4 N–H and O–H groups in total. The topological polar surface area (TPSA) is 133 Å². The second kappa shape index (κ2) is 13.7. The summed E-state index contributed by atoms with van der Waals surface area (Å²) in [6.07, 6.45) is 2.55. The third kappa shape index (κ3) is 8.73. The van der Waals surface area contributed by atoms with E-state index in [4.69, 9.17) is 0 Å². The number of carbonyl (C=O) groups is 5. The Morgan fingerprint density at radius 2 is 1.72 bits per heavy atom. The monoisotopic (exact) mass is 504 g/mol. The van der Waals surface area contributed by atoms with E-state index < -0.39 is 41.7 Å². The van der Waals surface area contributed by atoms with E-state index >= 15 is 0 Å². The molecule has 10 heteroatoms. The van der Waals surface area contributed by atoms with Crippen LogP contribution in [0, 0.1) is 23.6 Å². The van der Waals surface area contributed by atoms with Gasteiger partial charge in [0.2, 0.25) is 17.7 Å². The van der Waals surface area contributed by atoms with Crippen molar-refractivity contribution >= 4 is 29.9 Å². The molecule has 0 saturated carbocycles. The molecule has 1 saturated heterocycles. The summed E-state index contributed by atoms with van der Waals surface area (Å²) < 4.78 is 13.2. The molecular formula is C26H37FN4O5. The van der Waals surface area contributed by atoms with Gasteiger partial charge in [-0.25, -0.2) is 4.39 Å². The lowest BCUT2D eigenvalue weighted by atomic mass is 9.91. The molecule has 4 atom stereocenters.